The van der Waals surface area contributed by atoms with E-state index in [1.165, 1.54) is 12.1 Å². The quantitative estimate of drug-likeness (QED) is 0.733. The first-order chi connectivity index (χ1) is 11.7. The molecular weight excluding hydrogens is 386 g/mol. The standard InChI is InChI=1S/C15H21NO8S2/c1-15(2,3)10-9-13(17)24-16(14(18)19)26(22,23)12-8-6-5-7-11(12)25(4,20)21/h5-8H,9-10H2,1-4H3,(H,18,19). The van der Waals surface area contributed by atoms with Gasteiger partial charge >= 0.3 is 22.1 Å². The van der Waals surface area contributed by atoms with E-state index in [4.69, 9.17) is 5.11 Å². The Labute approximate surface area is 152 Å². The Morgan fingerprint density at radius 1 is 1.08 bits per heavy atom. The molecule has 146 valence electrons. The molecule has 0 fully saturated rings. The van der Waals surface area contributed by atoms with E-state index in [2.05, 4.69) is 4.84 Å². The van der Waals surface area contributed by atoms with Crippen molar-refractivity contribution in [3.8, 4) is 0 Å². The van der Waals surface area contributed by atoms with Gasteiger partial charge in [-0.2, -0.15) is 8.42 Å². The molecule has 1 aromatic carbocycles. The minimum atomic E-state index is -4.95. The van der Waals surface area contributed by atoms with Crippen molar-refractivity contribution in [1.82, 2.24) is 4.47 Å². The van der Waals surface area contributed by atoms with Gasteiger partial charge in [-0.05, 0) is 28.4 Å². The van der Waals surface area contributed by atoms with E-state index in [9.17, 15) is 26.4 Å². The zero-order valence-corrected chi connectivity index (χ0v) is 16.4. The zero-order chi connectivity index (χ0) is 20.3. The summed E-state index contributed by atoms with van der Waals surface area (Å²) in [6.45, 7) is 5.52. The van der Waals surface area contributed by atoms with Gasteiger partial charge < -0.3 is 9.94 Å². The van der Waals surface area contributed by atoms with Crippen LogP contribution in [0.3, 0.4) is 0 Å². The summed E-state index contributed by atoms with van der Waals surface area (Å²) in [6.07, 6.45) is -1.17. The zero-order valence-electron chi connectivity index (χ0n) is 14.8. The molecule has 0 unspecified atom stereocenters. The smallest absolute Gasteiger partial charge is 0.456 e. The predicted molar refractivity (Wildman–Crippen MR) is 91.4 cm³/mol. The van der Waals surface area contributed by atoms with Crippen LogP contribution in [0.15, 0.2) is 34.1 Å². The third-order valence-electron chi connectivity index (χ3n) is 3.16. The molecule has 1 rings (SSSR count). The fourth-order valence-corrected chi connectivity index (χ4v) is 4.53. The molecule has 0 atom stereocenters. The van der Waals surface area contributed by atoms with E-state index in [1.807, 2.05) is 20.8 Å². The third kappa shape index (κ3) is 5.70. The summed E-state index contributed by atoms with van der Waals surface area (Å²) in [4.78, 5) is 26.3. The lowest BCUT2D eigenvalue weighted by molar-refractivity contribution is -0.165. The van der Waals surface area contributed by atoms with Crippen molar-refractivity contribution < 1.29 is 36.4 Å². The molecule has 0 saturated carbocycles. The molecule has 0 heterocycles. The van der Waals surface area contributed by atoms with Gasteiger partial charge in [0.05, 0.1) is 4.90 Å². The molecule has 1 amide bonds. The third-order valence-corrected chi connectivity index (χ3v) is 6.03. The van der Waals surface area contributed by atoms with Crippen LogP contribution in [0.25, 0.3) is 0 Å². The van der Waals surface area contributed by atoms with Crippen LogP contribution in [-0.2, 0) is 29.5 Å². The Bertz CT molecular complexity index is 898. The number of rotatable bonds is 5. The second kappa shape index (κ2) is 7.62. The number of hydrogen-bond donors (Lipinski definition) is 1. The van der Waals surface area contributed by atoms with Crippen LogP contribution in [0.5, 0.6) is 0 Å². The summed E-state index contributed by atoms with van der Waals surface area (Å²) in [5.74, 6) is -1.07. The largest absolute Gasteiger partial charge is 0.462 e. The number of hydroxylamine groups is 1. The van der Waals surface area contributed by atoms with Crippen LogP contribution >= 0.6 is 0 Å². The Morgan fingerprint density at radius 3 is 2.00 bits per heavy atom. The second-order valence-electron chi connectivity index (χ2n) is 6.76. The number of carboxylic acid groups (broad SMARTS) is 1. The summed E-state index contributed by atoms with van der Waals surface area (Å²) in [7, 11) is -8.92. The maximum atomic E-state index is 12.6. The van der Waals surface area contributed by atoms with E-state index >= 15 is 0 Å². The molecule has 0 aliphatic rings. The van der Waals surface area contributed by atoms with Crippen molar-refractivity contribution in [2.75, 3.05) is 6.26 Å². The van der Waals surface area contributed by atoms with Gasteiger partial charge in [0, 0.05) is 12.7 Å². The van der Waals surface area contributed by atoms with Crippen molar-refractivity contribution in [3.63, 3.8) is 0 Å². The lowest BCUT2D eigenvalue weighted by atomic mass is 9.91. The summed E-state index contributed by atoms with van der Waals surface area (Å²) < 4.78 is 48.2. The van der Waals surface area contributed by atoms with Crippen molar-refractivity contribution >= 4 is 31.9 Å². The van der Waals surface area contributed by atoms with Gasteiger partial charge in [0.2, 0.25) is 0 Å². The van der Waals surface area contributed by atoms with Crippen LogP contribution < -0.4 is 0 Å². The van der Waals surface area contributed by atoms with Crippen molar-refractivity contribution in [2.45, 2.75) is 43.4 Å². The summed E-state index contributed by atoms with van der Waals surface area (Å²) in [6, 6.07) is 4.45. The minimum absolute atomic E-state index is 0.212. The number of carbonyl (C=O) groups is 2. The molecule has 0 spiro atoms. The van der Waals surface area contributed by atoms with Gasteiger partial charge in [-0.3, -0.25) is 0 Å². The van der Waals surface area contributed by atoms with Crippen LogP contribution in [0, 0.1) is 5.41 Å². The van der Waals surface area contributed by atoms with Gasteiger partial charge in [0.15, 0.2) is 9.84 Å². The van der Waals surface area contributed by atoms with E-state index in [0.717, 1.165) is 18.4 Å². The van der Waals surface area contributed by atoms with Crippen LogP contribution in [0.2, 0.25) is 0 Å². The Kier molecular flexibility index (Phi) is 6.42. The molecule has 1 N–H and O–H groups in total. The van der Waals surface area contributed by atoms with Gasteiger partial charge in [0.1, 0.15) is 4.90 Å². The summed E-state index contributed by atoms with van der Waals surface area (Å²) in [5.41, 5.74) is -0.255. The molecular formula is C15H21NO8S2. The molecule has 0 aromatic heterocycles. The fourth-order valence-electron chi connectivity index (χ4n) is 1.87. The number of amides is 1. The van der Waals surface area contributed by atoms with Gasteiger partial charge in [-0.15, -0.1) is 0 Å². The van der Waals surface area contributed by atoms with Gasteiger partial charge in [-0.1, -0.05) is 32.9 Å². The topological polar surface area (TPSA) is 135 Å². The molecule has 1 aromatic rings. The highest BCUT2D eigenvalue weighted by atomic mass is 32.2. The maximum Gasteiger partial charge on any atom is 0.456 e. The van der Waals surface area contributed by atoms with E-state index in [-0.39, 0.29) is 11.8 Å². The van der Waals surface area contributed by atoms with E-state index in [1.54, 1.807) is 0 Å². The Morgan fingerprint density at radius 2 is 1.58 bits per heavy atom. The first-order valence-electron chi connectivity index (χ1n) is 7.44. The van der Waals surface area contributed by atoms with Gasteiger partial charge in [-0.25, -0.2) is 18.0 Å². The number of benzene rings is 1. The van der Waals surface area contributed by atoms with Crippen LogP contribution in [-0.4, -0.2) is 44.7 Å². The Balaban J connectivity index is 3.26. The highest BCUT2D eigenvalue weighted by Crippen LogP contribution is 2.26. The molecule has 0 bridgehead atoms. The van der Waals surface area contributed by atoms with Crippen LogP contribution in [0.1, 0.15) is 33.6 Å². The van der Waals surface area contributed by atoms with Crippen LogP contribution in [0.4, 0.5) is 4.79 Å². The predicted octanol–water partition coefficient (Wildman–Crippen LogP) is 2.04. The van der Waals surface area contributed by atoms with Crippen molar-refractivity contribution in [1.29, 1.82) is 0 Å². The summed E-state index contributed by atoms with van der Waals surface area (Å²) >= 11 is 0. The number of hydrogen-bond acceptors (Lipinski definition) is 7. The monoisotopic (exact) mass is 407 g/mol. The molecule has 0 aliphatic carbocycles. The first-order valence-corrected chi connectivity index (χ1v) is 10.8. The normalized spacial score (nSPS) is 12.5. The second-order valence-corrected chi connectivity index (χ2v) is 10.5. The number of sulfonamides is 1. The Hall–Kier alpha value is -2.14. The molecule has 9 nitrogen and oxygen atoms in total. The maximum absolute atomic E-state index is 12.6. The molecule has 0 aliphatic heterocycles. The van der Waals surface area contributed by atoms with E-state index in [0.29, 0.717) is 6.42 Å². The van der Waals surface area contributed by atoms with Gasteiger partial charge in [0.25, 0.3) is 0 Å². The van der Waals surface area contributed by atoms with E-state index < -0.39 is 46.2 Å². The molecule has 0 radical (unpaired) electrons. The number of sulfone groups is 1. The number of nitrogens with zero attached hydrogens (tertiary/aromatic N) is 1. The average Bonchev–Trinajstić information content (AvgIpc) is 2.48. The summed E-state index contributed by atoms with van der Waals surface area (Å²) in [5, 5.41) is 9.16. The first kappa shape index (κ1) is 21.9. The van der Waals surface area contributed by atoms with Crippen molar-refractivity contribution in [3.05, 3.63) is 24.3 Å². The minimum Gasteiger partial charge on any atom is -0.462 e. The lowest BCUT2D eigenvalue weighted by Crippen LogP contribution is -2.38. The highest BCUT2D eigenvalue weighted by molar-refractivity contribution is 7.93. The molecule has 26 heavy (non-hydrogen) atoms. The molecule has 11 heteroatoms. The number of carbonyl (C=O) groups excluding carboxylic acids is 1. The molecule has 0 saturated heterocycles. The SMILES string of the molecule is CC(C)(C)CCC(=O)ON(C(=O)O)S(=O)(=O)c1ccccc1S(C)(=O)=O. The fraction of sp³-hybridized carbons (Fsp3) is 0.467. The van der Waals surface area contributed by atoms with Crippen molar-refractivity contribution in [2.24, 2.45) is 5.41 Å². The lowest BCUT2D eigenvalue weighted by Gasteiger charge is -2.20. The highest BCUT2D eigenvalue weighted by Gasteiger charge is 2.37. The average molecular weight is 407 g/mol.